The minimum Gasteiger partial charge on any atom is -0.315 e. The Labute approximate surface area is 189 Å². The number of benzene rings is 2. The highest BCUT2D eigenvalue weighted by atomic mass is 32.2. The Morgan fingerprint density at radius 2 is 1.97 bits per heavy atom. The third-order valence-corrected chi connectivity index (χ3v) is 6.98. The first kappa shape index (κ1) is 20.5. The van der Waals surface area contributed by atoms with Gasteiger partial charge in [-0.15, -0.1) is 0 Å². The van der Waals surface area contributed by atoms with Crippen molar-refractivity contribution >= 4 is 34.4 Å². The molecule has 3 heterocycles. The van der Waals surface area contributed by atoms with Gasteiger partial charge in [0, 0.05) is 24.9 Å². The number of aromatic nitrogens is 4. The Kier molecular flexibility index (Phi) is 5.09. The van der Waals surface area contributed by atoms with Crippen LogP contribution in [-0.4, -0.2) is 38.0 Å². The van der Waals surface area contributed by atoms with Gasteiger partial charge in [0.15, 0.2) is 10.8 Å². The summed E-state index contributed by atoms with van der Waals surface area (Å²) >= 11 is 1.51. The number of aryl methyl sites for hydroxylation is 2. The fraction of sp³-hybridized carbons (Fsp3) is 0.250. The molecule has 1 amide bonds. The molecule has 8 heteroatoms. The van der Waals surface area contributed by atoms with Gasteiger partial charge in [-0.25, -0.2) is 9.67 Å². The second kappa shape index (κ2) is 7.94. The van der Waals surface area contributed by atoms with E-state index in [4.69, 9.17) is 4.98 Å². The smallest absolute Gasteiger partial charge is 0.265 e. The van der Waals surface area contributed by atoms with Crippen LogP contribution in [-0.2, 0) is 4.79 Å². The van der Waals surface area contributed by atoms with Crippen molar-refractivity contribution in [1.82, 2.24) is 19.3 Å². The third kappa shape index (κ3) is 3.40. The van der Waals surface area contributed by atoms with Crippen molar-refractivity contribution in [2.45, 2.75) is 31.5 Å². The number of nitrogens with zero attached hydrogens (tertiary/aromatic N) is 5. The van der Waals surface area contributed by atoms with E-state index in [0.717, 1.165) is 16.9 Å². The number of rotatable bonds is 4. The second-order valence-electron chi connectivity index (χ2n) is 8.11. The molecular formula is C24H23N5O2S. The molecule has 0 spiro atoms. The zero-order chi connectivity index (χ0) is 22.4. The summed E-state index contributed by atoms with van der Waals surface area (Å²) in [4.78, 5) is 32.7. The van der Waals surface area contributed by atoms with Gasteiger partial charge in [0.05, 0.1) is 17.9 Å². The quantitative estimate of drug-likeness (QED) is 0.446. The van der Waals surface area contributed by atoms with Crippen LogP contribution in [0, 0.1) is 13.8 Å². The molecule has 2 aromatic carbocycles. The van der Waals surface area contributed by atoms with E-state index in [1.165, 1.54) is 17.3 Å². The number of carbonyl (C=O) groups excluding carboxylic acids is 1. The molecule has 1 unspecified atom stereocenters. The lowest BCUT2D eigenvalue weighted by Gasteiger charge is -2.20. The minimum absolute atomic E-state index is 0.0346. The van der Waals surface area contributed by atoms with Crippen LogP contribution in [0.1, 0.15) is 23.6 Å². The molecule has 5 rings (SSSR count). The maximum absolute atomic E-state index is 13.4. The number of carbonyl (C=O) groups is 1. The zero-order valence-corrected chi connectivity index (χ0v) is 19.0. The van der Waals surface area contributed by atoms with E-state index in [2.05, 4.69) is 11.2 Å². The second-order valence-corrected chi connectivity index (χ2v) is 9.10. The predicted molar refractivity (Wildman–Crippen MR) is 127 cm³/mol. The molecule has 162 valence electrons. The molecule has 0 N–H and O–H groups in total. The Bertz CT molecular complexity index is 1390. The van der Waals surface area contributed by atoms with Crippen molar-refractivity contribution in [3.63, 3.8) is 0 Å². The molecular weight excluding hydrogens is 422 g/mol. The summed E-state index contributed by atoms with van der Waals surface area (Å²) in [6, 6.07) is 15.4. The molecule has 1 aliphatic heterocycles. The molecule has 0 fully saturated rings. The van der Waals surface area contributed by atoms with E-state index in [0.29, 0.717) is 21.9 Å². The third-order valence-electron chi connectivity index (χ3n) is 5.88. The lowest BCUT2D eigenvalue weighted by molar-refractivity contribution is -0.119. The molecule has 0 saturated carbocycles. The van der Waals surface area contributed by atoms with Crippen LogP contribution < -0.4 is 10.5 Å². The number of para-hydroxylation sites is 1. The summed E-state index contributed by atoms with van der Waals surface area (Å²) < 4.78 is 3.40. The van der Waals surface area contributed by atoms with Crippen LogP contribution in [0.2, 0.25) is 0 Å². The van der Waals surface area contributed by atoms with E-state index in [-0.39, 0.29) is 23.9 Å². The maximum Gasteiger partial charge on any atom is 0.265 e. The monoisotopic (exact) mass is 445 g/mol. The summed E-state index contributed by atoms with van der Waals surface area (Å²) in [5.41, 5.74) is 4.37. The van der Waals surface area contributed by atoms with Crippen molar-refractivity contribution in [3.05, 3.63) is 76.2 Å². The van der Waals surface area contributed by atoms with E-state index in [1.54, 1.807) is 27.4 Å². The largest absolute Gasteiger partial charge is 0.315 e. The van der Waals surface area contributed by atoms with E-state index < -0.39 is 0 Å². The highest BCUT2D eigenvalue weighted by Crippen LogP contribution is 2.34. The van der Waals surface area contributed by atoms with Crippen molar-refractivity contribution < 1.29 is 4.79 Å². The highest BCUT2D eigenvalue weighted by molar-refractivity contribution is 7.99. The van der Waals surface area contributed by atoms with E-state index in [1.807, 2.05) is 56.3 Å². The van der Waals surface area contributed by atoms with Crippen LogP contribution in [0.3, 0.4) is 0 Å². The van der Waals surface area contributed by atoms with Crippen molar-refractivity contribution in [2.75, 3.05) is 17.7 Å². The molecule has 0 radical (unpaired) electrons. The number of thioether (sulfide) groups is 1. The summed E-state index contributed by atoms with van der Waals surface area (Å²) in [6.07, 6.45) is 1.82. The molecule has 0 bridgehead atoms. The topological polar surface area (TPSA) is 73.0 Å². The first-order valence-electron chi connectivity index (χ1n) is 10.5. The Morgan fingerprint density at radius 3 is 2.72 bits per heavy atom. The van der Waals surface area contributed by atoms with Crippen molar-refractivity contribution in [1.29, 1.82) is 0 Å². The average Bonchev–Trinajstić information content (AvgIpc) is 3.39. The number of anilines is 1. The summed E-state index contributed by atoms with van der Waals surface area (Å²) in [7, 11) is 1.76. The van der Waals surface area contributed by atoms with Gasteiger partial charge in [0.1, 0.15) is 5.39 Å². The van der Waals surface area contributed by atoms with Gasteiger partial charge < -0.3 is 4.90 Å². The maximum atomic E-state index is 13.4. The van der Waals surface area contributed by atoms with Gasteiger partial charge in [0.2, 0.25) is 5.91 Å². The predicted octanol–water partition coefficient (Wildman–Crippen LogP) is 3.90. The highest BCUT2D eigenvalue weighted by Gasteiger charge is 2.30. The Balaban J connectivity index is 1.49. The van der Waals surface area contributed by atoms with Gasteiger partial charge in [-0.3, -0.25) is 14.2 Å². The first-order valence-corrected chi connectivity index (χ1v) is 11.4. The summed E-state index contributed by atoms with van der Waals surface area (Å²) in [5.74, 6) is 0.604. The number of amides is 1. The molecule has 4 aromatic rings. The molecule has 0 saturated heterocycles. The molecule has 32 heavy (non-hydrogen) atoms. The molecule has 0 aliphatic carbocycles. The fourth-order valence-electron chi connectivity index (χ4n) is 4.13. The van der Waals surface area contributed by atoms with Crippen LogP contribution in [0.25, 0.3) is 16.7 Å². The summed E-state index contributed by atoms with van der Waals surface area (Å²) in [6.45, 7) is 4.07. The van der Waals surface area contributed by atoms with Gasteiger partial charge >= 0.3 is 0 Å². The van der Waals surface area contributed by atoms with Gasteiger partial charge in [-0.05, 0) is 37.6 Å². The van der Waals surface area contributed by atoms with Gasteiger partial charge in [0.25, 0.3) is 5.56 Å². The average molecular weight is 446 g/mol. The van der Waals surface area contributed by atoms with Crippen LogP contribution >= 0.6 is 11.8 Å². The van der Waals surface area contributed by atoms with Crippen LogP contribution in [0.15, 0.2) is 64.7 Å². The fourth-order valence-corrected chi connectivity index (χ4v) is 5.26. The molecule has 1 atom stereocenters. The van der Waals surface area contributed by atoms with Gasteiger partial charge in [-0.1, -0.05) is 47.7 Å². The van der Waals surface area contributed by atoms with Crippen molar-refractivity contribution in [2.24, 2.45) is 0 Å². The van der Waals surface area contributed by atoms with Gasteiger partial charge in [-0.2, -0.15) is 5.10 Å². The number of hydrogen-bond acceptors (Lipinski definition) is 5. The van der Waals surface area contributed by atoms with Crippen LogP contribution in [0.4, 0.5) is 5.69 Å². The minimum atomic E-state index is -0.234. The standard InChI is InChI=1S/C24H23N5O2S/c1-15-9-10-20(16(2)11-15)29-22-19(13-25-29)23(31)28-18(14-32-24(28)26-22)12-21(30)27(3)17-7-5-4-6-8-17/h4-11,13,18H,12,14H2,1-3H3. The molecule has 2 aromatic heterocycles. The van der Waals surface area contributed by atoms with Crippen molar-refractivity contribution in [3.8, 4) is 5.69 Å². The van der Waals surface area contributed by atoms with E-state index >= 15 is 0 Å². The Hall–Kier alpha value is -3.39. The normalized spacial score (nSPS) is 15.2. The lowest BCUT2D eigenvalue weighted by Crippen LogP contribution is -2.32. The zero-order valence-electron chi connectivity index (χ0n) is 18.1. The molecule has 7 nitrogen and oxygen atoms in total. The van der Waals surface area contributed by atoms with E-state index in [9.17, 15) is 9.59 Å². The number of fused-ring (bicyclic) bond motifs is 2. The SMILES string of the molecule is Cc1ccc(-n2ncc3c(=O)n4c(nc32)SCC4CC(=O)N(C)c2ccccc2)c(C)c1. The first-order chi connectivity index (χ1) is 15.4. The summed E-state index contributed by atoms with van der Waals surface area (Å²) in [5, 5.41) is 5.56. The lowest BCUT2D eigenvalue weighted by atomic mass is 10.1. The Morgan fingerprint density at radius 1 is 1.19 bits per heavy atom. The van der Waals surface area contributed by atoms with Crippen LogP contribution in [0.5, 0.6) is 0 Å². The molecule has 1 aliphatic rings. The number of hydrogen-bond donors (Lipinski definition) is 0.